The lowest BCUT2D eigenvalue weighted by Gasteiger charge is -2.20. The molecule has 7 heteroatoms. The van der Waals surface area contributed by atoms with Crippen LogP contribution in [0.2, 0.25) is 0 Å². The number of thioether (sulfide) groups is 1. The van der Waals surface area contributed by atoms with Gasteiger partial charge in [-0.05, 0) is 31.7 Å². The van der Waals surface area contributed by atoms with Gasteiger partial charge in [0.25, 0.3) is 0 Å². The van der Waals surface area contributed by atoms with E-state index >= 15 is 0 Å². The third-order valence-electron chi connectivity index (χ3n) is 4.40. The fraction of sp³-hybridized carbons (Fsp3) is 0.421. The van der Waals surface area contributed by atoms with Crippen molar-refractivity contribution in [2.45, 2.75) is 38.4 Å². The lowest BCUT2D eigenvalue weighted by atomic mass is 10.1. The summed E-state index contributed by atoms with van der Waals surface area (Å²) in [5, 5.41) is 5.29. The second-order valence-electron chi connectivity index (χ2n) is 6.30. The van der Waals surface area contributed by atoms with Crippen molar-refractivity contribution in [3.63, 3.8) is 0 Å². The van der Waals surface area contributed by atoms with Crippen LogP contribution in [0.3, 0.4) is 0 Å². The first kappa shape index (κ1) is 19.3. The van der Waals surface area contributed by atoms with Gasteiger partial charge in [-0.3, -0.25) is 4.79 Å². The van der Waals surface area contributed by atoms with Gasteiger partial charge in [0.2, 0.25) is 5.91 Å². The van der Waals surface area contributed by atoms with Crippen LogP contribution < -0.4 is 5.32 Å². The minimum Gasteiger partial charge on any atom is -0.358 e. The molecule has 1 saturated heterocycles. The minimum absolute atomic E-state index is 0.0567. The number of aromatic nitrogens is 1. The van der Waals surface area contributed by atoms with Crippen LogP contribution in [0.1, 0.15) is 32.3 Å². The van der Waals surface area contributed by atoms with Gasteiger partial charge in [0.1, 0.15) is 4.32 Å². The second kappa shape index (κ2) is 8.97. The number of anilines is 1. The first-order chi connectivity index (χ1) is 12.6. The van der Waals surface area contributed by atoms with Gasteiger partial charge in [-0.2, -0.15) is 0 Å². The molecule has 0 radical (unpaired) electrons. The van der Waals surface area contributed by atoms with Crippen LogP contribution in [-0.2, 0) is 11.2 Å². The van der Waals surface area contributed by atoms with E-state index in [0.717, 1.165) is 35.1 Å². The first-order valence-corrected chi connectivity index (χ1v) is 11.0. The van der Waals surface area contributed by atoms with Gasteiger partial charge in [0.05, 0.1) is 10.9 Å². The summed E-state index contributed by atoms with van der Waals surface area (Å²) in [7, 11) is 0. The summed E-state index contributed by atoms with van der Waals surface area (Å²) in [4.78, 5) is 19.2. The van der Waals surface area contributed by atoms with E-state index in [-0.39, 0.29) is 11.2 Å². The van der Waals surface area contributed by atoms with Crippen LogP contribution >= 0.6 is 35.3 Å². The van der Waals surface area contributed by atoms with Crippen LogP contribution in [0.4, 0.5) is 5.13 Å². The second-order valence-corrected chi connectivity index (χ2v) is 9.13. The number of carbonyl (C=O) groups is 1. The number of thiocarbonyl (C=S) groups is 1. The maximum atomic E-state index is 12.4. The molecule has 1 aliphatic rings. The van der Waals surface area contributed by atoms with Gasteiger partial charge in [-0.1, -0.05) is 55.2 Å². The number of thiazole rings is 1. The summed E-state index contributed by atoms with van der Waals surface area (Å²) < 4.78 is 0.820. The SMILES string of the molecule is CCc1ccc(-c2csc(NC(=O)[C@H](C)SC(=S)N3CCCC3)n2)cc1. The third-order valence-corrected chi connectivity index (χ3v) is 6.74. The Hall–Kier alpha value is -1.44. The lowest BCUT2D eigenvalue weighted by molar-refractivity contribution is -0.115. The van der Waals surface area contributed by atoms with Crippen molar-refractivity contribution in [1.29, 1.82) is 0 Å². The van der Waals surface area contributed by atoms with Gasteiger partial charge >= 0.3 is 0 Å². The average molecular weight is 406 g/mol. The Kier molecular flexibility index (Phi) is 6.67. The number of hydrogen-bond acceptors (Lipinski definition) is 5. The lowest BCUT2D eigenvalue weighted by Crippen LogP contribution is -2.29. The van der Waals surface area contributed by atoms with Gasteiger partial charge in [0, 0.05) is 24.0 Å². The Labute approximate surface area is 168 Å². The quantitative estimate of drug-likeness (QED) is 0.723. The summed E-state index contributed by atoms with van der Waals surface area (Å²) in [5.41, 5.74) is 3.26. The summed E-state index contributed by atoms with van der Waals surface area (Å²) in [6.07, 6.45) is 3.39. The van der Waals surface area contributed by atoms with E-state index in [1.807, 2.05) is 12.3 Å². The molecule has 0 unspecified atom stereocenters. The van der Waals surface area contributed by atoms with E-state index in [0.29, 0.717) is 5.13 Å². The van der Waals surface area contributed by atoms with Crippen LogP contribution in [0.25, 0.3) is 11.3 Å². The average Bonchev–Trinajstić information content (AvgIpc) is 3.34. The monoisotopic (exact) mass is 405 g/mol. The van der Waals surface area contributed by atoms with Crippen molar-refractivity contribution < 1.29 is 4.79 Å². The standard InChI is InChI=1S/C19H23N3OS3/c1-3-14-6-8-15(9-7-14)16-12-25-18(20-16)21-17(23)13(2)26-19(24)22-10-4-5-11-22/h6-9,12-13H,3-5,10-11H2,1-2H3,(H,20,21,23)/t13-/m0/s1. The number of likely N-dealkylation sites (tertiary alicyclic amines) is 1. The zero-order valence-corrected chi connectivity index (χ0v) is 17.5. The largest absolute Gasteiger partial charge is 0.358 e. The summed E-state index contributed by atoms with van der Waals surface area (Å²) >= 11 is 8.36. The Bertz CT molecular complexity index is 767. The first-order valence-electron chi connectivity index (χ1n) is 8.88. The van der Waals surface area contributed by atoms with Crippen molar-refractivity contribution in [2.75, 3.05) is 18.4 Å². The van der Waals surface area contributed by atoms with Crippen LogP contribution in [0, 0.1) is 0 Å². The van der Waals surface area contributed by atoms with Crippen molar-refractivity contribution >= 4 is 50.7 Å². The van der Waals surface area contributed by atoms with E-state index in [4.69, 9.17) is 12.2 Å². The van der Waals surface area contributed by atoms with Crippen molar-refractivity contribution in [1.82, 2.24) is 9.88 Å². The Morgan fingerprint density at radius 3 is 2.69 bits per heavy atom. The molecule has 0 aliphatic carbocycles. The normalized spacial score (nSPS) is 15.1. The highest BCUT2D eigenvalue weighted by Gasteiger charge is 2.22. The smallest absolute Gasteiger partial charge is 0.239 e. The third kappa shape index (κ3) is 4.84. The number of benzene rings is 1. The van der Waals surface area contributed by atoms with Crippen LogP contribution in [-0.4, -0.2) is 38.5 Å². The molecule has 1 aromatic heterocycles. The number of amides is 1. The molecule has 138 valence electrons. The zero-order valence-electron chi connectivity index (χ0n) is 15.0. The van der Waals surface area contributed by atoms with Crippen molar-refractivity contribution in [3.05, 3.63) is 35.2 Å². The number of aryl methyl sites for hydroxylation is 1. The van der Waals surface area contributed by atoms with Crippen LogP contribution in [0.5, 0.6) is 0 Å². The van der Waals surface area contributed by atoms with E-state index < -0.39 is 0 Å². The highest BCUT2D eigenvalue weighted by molar-refractivity contribution is 8.23. The molecule has 3 rings (SSSR count). The molecule has 2 aromatic rings. The van der Waals surface area contributed by atoms with Gasteiger partial charge in [0.15, 0.2) is 5.13 Å². The number of carbonyl (C=O) groups excluding carboxylic acids is 1. The number of nitrogens with zero attached hydrogens (tertiary/aromatic N) is 2. The molecule has 1 N–H and O–H groups in total. The predicted octanol–water partition coefficient (Wildman–Crippen LogP) is 4.81. The number of nitrogens with one attached hydrogen (secondary N) is 1. The molecule has 0 bridgehead atoms. The fourth-order valence-electron chi connectivity index (χ4n) is 2.76. The Morgan fingerprint density at radius 2 is 2.04 bits per heavy atom. The summed E-state index contributed by atoms with van der Waals surface area (Å²) in [5.74, 6) is -0.0567. The van der Waals surface area contributed by atoms with Gasteiger partial charge in [-0.25, -0.2) is 4.98 Å². The molecule has 1 aromatic carbocycles. The van der Waals surface area contributed by atoms with E-state index in [2.05, 4.69) is 46.4 Å². The molecule has 1 amide bonds. The number of rotatable bonds is 5. The maximum absolute atomic E-state index is 12.4. The Morgan fingerprint density at radius 1 is 1.35 bits per heavy atom. The van der Waals surface area contributed by atoms with Gasteiger partial charge in [-0.15, -0.1) is 11.3 Å². The highest BCUT2D eigenvalue weighted by atomic mass is 32.2. The van der Waals surface area contributed by atoms with Crippen LogP contribution in [0.15, 0.2) is 29.6 Å². The molecule has 26 heavy (non-hydrogen) atoms. The highest BCUT2D eigenvalue weighted by Crippen LogP contribution is 2.26. The van der Waals surface area contributed by atoms with E-state index in [1.165, 1.54) is 41.5 Å². The van der Waals surface area contributed by atoms with Gasteiger partial charge < -0.3 is 10.2 Å². The predicted molar refractivity (Wildman–Crippen MR) is 116 cm³/mol. The summed E-state index contributed by atoms with van der Waals surface area (Å²) in [6.45, 7) is 6.04. The molecule has 1 fully saturated rings. The molecule has 0 spiro atoms. The molecular weight excluding hydrogens is 382 g/mol. The maximum Gasteiger partial charge on any atom is 0.239 e. The molecule has 1 aliphatic heterocycles. The number of hydrogen-bond donors (Lipinski definition) is 1. The van der Waals surface area contributed by atoms with E-state index in [9.17, 15) is 4.79 Å². The zero-order chi connectivity index (χ0) is 18.5. The minimum atomic E-state index is -0.237. The Balaban J connectivity index is 1.57. The molecule has 0 saturated carbocycles. The molecular formula is C19H23N3OS3. The topological polar surface area (TPSA) is 45.2 Å². The van der Waals surface area contributed by atoms with Crippen molar-refractivity contribution in [3.8, 4) is 11.3 Å². The molecule has 2 heterocycles. The molecule has 1 atom stereocenters. The molecule has 4 nitrogen and oxygen atoms in total. The fourth-order valence-corrected chi connectivity index (χ4v) is 4.90. The van der Waals surface area contributed by atoms with E-state index in [1.54, 1.807) is 0 Å². The summed E-state index contributed by atoms with van der Waals surface area (Å²) in [6, 6.07) is 8.38. The van der Waals surface area contributed by atoms with Crippen molar-refractivity contribution in [2.24, 2.45) is 0 Å².